The number of nitrogens with zero attached hydrogens (tertiary/aromatic N) is 1. The van der Waals surface area contributed by atoms with E-state index in [0.29, 0.717) is 12.0 Å². The Hall–Kier alpha value is -1.22. The monoisotopic (exact) mass is 261 g/mol. The molecule has 0 aromatic heterocycles. The van der Waals surface area contributed by atoms with Crippen LogP contribution in [-0.4, -0.2) is 37.2 Å². The topological polar surface area (TPSA) is 21.7 Å². The second kappa shape index (κ2) is 5.04. The molecule has 1 saturated heterocycles. The molecular weight excluding hydrogens is 238 g/mol. The molecule has 0 spiro atoms. The number of ether oxygens (including phenoxy) is 2. The predicted octanol–water partition coefficient (Wildman–Crippen LogP) is 2.95. The second-order valence-electron chi connectivity index (χ2n) is 6.50. The summed E-state index contributed by atoms with van der Waals surface area (Å²) >= 11 is 0. The summed E-state index contributed by atoms with van der Waals surface area (Å²) in [6.07, 6.45) is 2.77. The molecule has 1 aromatic rings. The number of benzene rings is 1. The quantitative estimate of drug-likeness (QED) is 0.817. The minimum Gasteiger partial charge on any atom is -0.486 e. The van der Waals surface area contributed by atoms with Crippen LogP contribution < -0.4 is 9.47 Å². The number of hydrogen-bond acceptors (Lipinski definition) is 3. The molecule has 3 nitrogen and oxygen atoms in total. The molecule has 2 aliphatic heterocycles. The normalized spacial score (nSPS) is 26.1. The highest BCUT2D eigenvalue weighted by molar-refractivity contribution is 5.40. The zero-order chi connectivity index (χ0) is 13.3. The molecule has 0 bridgehead atoms. The smallest absolute Gasteiger partial charge is 0.161 e. The molecule has 1 aromatic carbocycles. The van der Waals surface area contributed by atoms with Crippen LogP contribution >= 0.6 is 0 Å². The lowest BCUT2D eigenvalue weighted by atomic mass is 9.84. The molecule has 0 radical (unpaired) electrons. The predicted molar refractivity (Wildman–Crippen MR) is 75.8 cm³/mol. The summed E-state index contributed by atoms with van der Waals surface area (Å²) in [5.41, 5.74) is 0.436. The number of likely N-dealkylation sites (tertiary alicyclic amines) is 1. The third-order valence-electron chi connectivity index (χ3n) is 4.01. The number of fused-ring (bicyclic) bond motifs is 1. The van der Waals surface area contributed by atoms with Crippen LogP contribution in [-0.2, 0) is 0 Å². The van der Waals surface area contributed by atoms with E-state index in [2.05, 4.69) is 18.7 Å². The molecular formula is C16H23NO2. The van der Waals surface area contributed by atoms with E-state index in [1.807, 2.05) is 24.3 Å². The molecule has 2 aliphatic rings. The summed E-state index contributed by atoms with van der Waals surface area (Å²) in [6.45, 7) is 8.69. The van der Waals surface area contributed by atoms with Crippen molar-refractivity contribution in [3.63, 3.8) is 0 Å². The molecule has 0 unspecified atom stereocenters. The van der Waals surface area contributed by atoms with Gasteiger partial charge in [-0.3, -0.25) is 4.90 Å². The van der Waals surface area contributed by atoms with Gasteiger partial charge in [0.1, 0.15) is 12.7 Å². The van der Waals surface area contributed by atoms with Gasteiger partial charge in [0.05, 0.1) is 0 Å². The van der Waals surface area contributed by atoms with Crippen molar-refractivity contribution in [3.8, 4) is 11.5 Å². The van der Waals surface area contributed by atoms with Crippen LogP contribution in [0.5, 0.6) is 11.5 Å². The zero-order valence-electron chi connectivity index (χ0n) is 11.9. The fraction of sp³-hybridized carbons (Fsp3) is 0.625. The van der Waals surface area contributed by atoms with Gasteiger partial charge in [0.15, 0.2) is 11.5 Å². The van der Waals surface area contributed by atoms with Crippen molar-refractivity contribution in [1.82, 2.24) is 4.90 Å². The first-order valence-corrected chi connectivity index (χ1v) is 7.23. The Balaban J connectivity index is 1.60. The third kappa shape index (κ3) is 3.03. The molecule has 0 N–H and O–H groups in total. The van der Waals surface area contributed by atoms with Gasteiger partial charge in [-0.15, -0.1) is 0 Å². The standard InChI is InChI=1S/C16H23NO2/c1-16(2)8-5-9-17(12-16)10-13-11-18-14-6-3-4-7-15(14)19-13/h3-4,6-7,13H,5,8-12H2,1-2H3/t13-/m0/s1. The Morgan fingerprint density at radius 1 is 1.26 bits per heavy atom. The maximum absolute atomic E-state index is 6.04. The zero-order valence-corrected chi connectivity index (χ0v) is 11.9. The Labute approximate surface area is 115 Å². The first-order chi connectivity index (χ1) is 9.12. The van der Waals surface area contributed by atoms with Gasteiger partial charge >= 0.3 is 0 Å². The Morgan fingerprint density at radius 3 is 2.84 bits per heavy atom. The van der Waals surface area contributed by atoms with Crippen molar-refractivity contribution >= 4 is 0 Å². The van der Waals surface area contributed by atoms with Crippen molar-refractivity contribution in [1.29, 1.82) is 0 Å². The summed E-state index contributed by atoms with van der Waals surface area (Å²) < 4.78 is 11.8. The van der Waals surface area contributed by atoms with E-state index < -0.39 is 0 Å². The van der Waals surface area contributed by atoms with Gasteiger partial charge in [0, 0.05) is 13.1 Å². The number of hydrogen-bond donors (Lipinski definition) is 0. The lowest BCUT2D eigenvalue weighted by Crippen LogP contribution is -2.47. The lowest BCUT2D eigenvalue weighted by molar-refractivity contribution is 0.0319. The Morgan fingerprint density at radius 2 is 2.05 bits per heavy atom. The molecule has 1 fully saturated rings. The molecule has 0 amide bonds. The van der Waals surface area contributed by atoms with E-state index in [9.17, 15) is 0 Å². The van der Waals surface area contributed by atoms with Crippen molar-refractivity contribution in [2.24, 2.45) is 5.41 Å². The van der Waals surface area contributed by atoms with Gasteiger partial charge in [-0.2, -0.15) is 0 Å². The fourth-order valence-corrected chi connectivity index (χ4v) is 3.14. The molecule has 1 atom stereocenters. The van der Waals surface area contributed by atoms with Crippen molar-refractivity contribution in [2.75, 3.05) is 26.2 Å². The summed E-state index contributed by atoms with van der Waals surface area (Å²) in [7, 11) is 0. The van der Waals surface area contributed by atoms with E-state index in [0.717, 1.165) is 24.6 Å². The van der Waals surface area contributed by atoms with E-state index in [1.54, 1.807) is 0 Å². The van der Waals surface area contributed by atoms with Crippen LogP contribution in [0.3, 0.4) is 0 Å². The molecule has 0 aliphatic carbocycles. The van der Waals surface area contributed by atoms with E-state index in [4.69, 9.17) is 9.47 Å². The number of piperidine rings is 1. The van der Waals surface area contributed by atoms with E-state index in [-0.39, 0.29) is 6.10 Å². The van der Waals surface area contributed by atoms with Gasteiger partial charge < -0.3 is 9.47 Å². The molecule has 3 heteroatoms. The number of rotatable bonds is 2. The minimum atomic E-state index is 0.156. The van der Waals surface area contributed by atoms with Crippen molar-refractivity contribution in [2.45, 2.75) is 32.8 Å². The average molecular weight is 261 g/mol. The SMILES string of the molecule is CC1(C)CCCN(C[C@H]2COc3ccccc3O2)C1. The number of para-hydroxylation sites is 2. The first-order valence-electron chi connectivity index (χ1n) is 7.23. The average Bonchev–Trinajstić information content (AvgIpc) is 2.37. The summed E-state index contributed by atoms with van der Waals surface area (Å²) in [5.74, 6) is 1.76. The highest BCUT2D eigenvalue weighted by Gasteiger charge is 2.29. The molecule has 0 saturated carbocycles. The van der Waals surface area contributed by atoms with Gasteiger partial charge in [0.2, 0.25) is 0 Å². The van der Waals surface area contributed by atoms with Crippen molar-refractivity contribution in [3.05, 3.63) is 24.3 Å². The molecule has 19 heavy (non-hydrogen) atoms. The van der Waals surface area contributed by atoms with Crippen molar-refractivity contribution < 1.29 is 9.47 Å². The summed E-state index contributed by atoms with van der Waals surface area (Å²) in [4.78, 5) is 2.52. The Bertz CT molecular complexity index is 444. The van der Waals surface area contributed by atoms with Crippen LogP contribution in [0.15, 0.2) is 24.3 Å². The molecule has 2 heterocycles. The van der Waals surface area contributed by atoms with Gasteiger partial charge in [-0.05, 0) is 36.9 Å². The highest BCUT2D eigenvalue weighted by atomic mass is 16.6. The van der Waals surface area contributed by atoms with Gasteiger partial charge in [0.25, 0.3) is 0 Å². The fourth-order valence-electron chi connectivity index (χ4n) is 3.14. The summed E-state index contributed by atoms with van der Waals surface area (Å²) in [5, 5.41) is 0. The maximum Gasteiger partial charge on any atom is 0.161 e. The largest absolute Gasteiger partial charge is 0.486 e. The maximum atomic E-state index is 6.04. The van der Waals surface area contributed by atoms with E-state index >= 15 is 0 Å². The van der Waals surface area contributed by atoms with Crippen LogP contribution in [0, 0.1) is 5.41 Å². The molecule has 104 valence electrons. The van der Waals surface area contributed by atoms with Crippen LogP contribution in [0.25, 0.3) is 0 Å². The third-order valence-corrected chi connectivity index (χ3v) is 4.01. The summed E-state index contributed by atoms with van der Waals surface area (Å²) in [6, 6.07) is 7.93. The molecule has 3 rings (SSSR count). The highest BCUT2D eigenvalue weighted by Crippen LogP contribution is 2.32. The lowest BCUT2D eigenvalue weighted by Gasteiger charge is -2.40. The van der Waals surface area contributed by atoms with Gasteiger partial charge in [-0.25, -0.2) is 0 Å². The van der Waals surface area contributed by atoms with Crippen LogP contribution in [0.2, 0.25) is 0 Å². The van der Waals surface area contributed by atoms with Crippen LogP contribution in [0.4, 0.5) is 0 Å². The van der Waals surface area contributed by atoms with Gasteiger partial charge in [-0.1, -0.05) is 26.0 Å². The Kier molecular flexibility index (Phi) is 3.40. The second-order valence-corrected chi connectivity index (χ2v) is 6.50. The van der Waals surface area contributed by atoms with E-state index in [1.165, 1.54) is 19.4 Å². The van der Waals surface area contributed by atoms with Crippen LogP contribution in [0.1, 0.15) is 26.7 Å². The first kappa shape index (κ1) is 12.8. The minimum absolute atomic E-state index is 0.156.